The first kappa shape index (κ1) is 51.4. The summed E-state index contributed by atoms with van der Waals surface area (Å²) in [4.78, 5) is 22.2. The van der Waals surface area contributed by atoms with Crippen molar-refractivity contribution in [2.24, 2.45) is 5.73 Å². The molecule has 0 fully saturated rings. The first-order chi connectivity index (χ1) is 26.2. The molecule has 0 radical (unpaired) electrons. The third kappa shape index (κ3) is 37.7. The Balaban J connectivity index is 4.39. The maximum atomic E-state index is 12.4. The second-order valence-electron chi connectivity index (χ2n) is 13.2. The van der Waals surface area contributed by atoms with Gasteiger partial charge in [0.05, 0.1) is 31.7 Å². The number of esters is 1. The molecule has 0 rings (SSSR count). The molecule has 11 heteroatoms. The summed E-state index contributed by atoms with van der Waals surface area (Å²) in [5.41, 5.74) is 5.34. The van der Waals surface area contributed by atoms with Crippen LogP contribution in [0.5, 0.6) is 0 Å². The fraction of sp³-hybridized carbons (Fsp3) is 0.651. The lowest BCUT2D eigenvalue weighted by Crippen LogP contribution is -2.25. The molecule has 4 atom stereocenters. The van der Waals surface area contributed by atoms with Crippen LogP contribution in [0.15, 0.2) is 85.3 Å². The molecule has 0 aromatic rings. The molecule has 1 unspecified atom stereocenters. The number of carbonyl (C=O) groups is 1. The van der Waals surface area contributed by atoms with Crippen molar-refractivity contribution in [2.75, 3.05) is 26.4 Å². The number of phosphoric ester groups is 1. The molecular weight excluding hydrogens is 705 g/mol. The summed E-state index contributed by atoms with van der Waals surface area (Å²) in [6.45, 7) is 3.78. The van der Waals surface area contributed by atoms with Crippen molar-refractivity contribution >= 4 is 13.8 Å². The minimum atomic E-state index is -4.32. The Bertz CT molecular complexity index is 1130. The van der Waals surface area contributed by atoms with Crippen LogP contribution in [0.3, 0.4) is 0 Å². The first-order valence-electron chi connectivity index (χ1n) is 20.4. The Labute approximate surface area is 327 Å². The largest absolute Gasteiger partial charge is 0.492 e. The summed E-state index contributed by atoms with van der Waals surface area (Å²) in [6, 6.07) is 0. The van der Waals surface area contributed by atoms with E-state index < -0.39 is 32.1 Å². The van der Waals surface area contributed by atoms with Crippen molar-refractivity contribution in [3.05, 3.63) is 85.3 Å². The SMILES string of the molecule is CC/C=C\C[C@@H](O)/C=C/C=C\C/C=C\C=C\[C@@H](O)/C=C\CCCC(=O)OC[C@H](COP(=O)(O)OCCN)O/C=C/CCCCCCCCCCCCCC. The summed E-state index contributed by atoms with van der Waals surface area (Å²) in [6.07, 6.45) is 43.4. The first-order valence-corrected chi connectivity index (χ1v) is 21.9. The number of phosphoric acid groups is 1. The average Bonchev–Trinajstić information content (AvgIpc) is 3.15. The number of nitrogens with two attached hydrogens (primary N) is 1. The van der Waals surface area contributed by atoms with Gasteiger partial charge in [-0.15, -0.1) is 0 Å². The number of hydrogen-bond donors (Lipinski definition) is 4. The summed E-state index contributed by atoms with van der Waals surface area (Å²) < 4.78 is 33.0. The van der Waals surface area contributed by atoms with Gasteiger partial charge in [0.2, 0.25) is 0 Å². The number of hydrogen-bond acceptors (Lipinski definition) is 9. The lowest BCUT2D eigenvalue weighted by atomic mass is 10.0. The van der Waals surface area contributed by atoms with Crippen LogP contribution in [-0.2, 0) is 27.9 Å². The van der Waals surface area contributed by atoms with Crippen LogP contribution in [0.1, 0.15) is 136 Å². The van der Waals surface area contributed by atoms with Crippen molar-refractivity contribution in [3.8, 4) is 0 Å². The molecule has 0 aliphatic rings. The molecule has 0 heterocycles. The van der Waals surface area contributed by atoms with Gasteiger partial charge in [-0.3, -0.25) is 13.8 Å². The van der Waals surface area contributed by atoms with Crippen LogP contribution in [0, 0.1) is 0 Å². The van der Waals surface area contributed by atoms with Gasteiger partial charge in [0.1, 0.15) is 6.61 Å². The zero-order chi connectivity index (χ0) is 39.8. The smallest absolute Gasteiger partial charge is 0.472 e. The molecule has 0 aromatic carbocycles. The Morgan fingerprint density at radius 3 is 1.98 bits per heavy atom. The monoisotopic (exact) mass is 780 g/mol. The van der Waals surface area contributed by atoms with E-state index >= 15 is 0 Å². The minimum absolute atomic E-state index is 0.0676. The highest BCUT2D eigenvalue weighted by atomic mass is 31.2. The summed E-state index contributed by atoms with van der Waals surface area (Å²) in [5, 5.41) is 20.0. The van der Waals surface area contributed by atoms with Crippen molar-refractivity contribution in [2.45, 2.75) is 154 Å². The maximum Gasteiger partial charge on any atom is 0.472 e. The number of ether oxygens (including phenoxy) is 2. The molecule has 310 valence electrons. The standard InChI is InChI=1S/C43H74NO9P/c1-3-5-7-8-9-10-11-12-13-14-15-19-22-29-36-50-42(39-53-54(48,49)52-37-35-44)38-51-43(47)34-28-23-27-33-41(46)32-26-21-18-16-17-20-25-31-40(45)30-24-6-4-2/h6,17-18,20-21,24-27,29,31-33,36,40-42,45-46H,3-5,7-16,19,22-23,28,30,34-35,37-39,44H2,1-2H3,(H,48,49)/b20-17-,21-18-,24-6-,31-25+,32-26+,33-27-,36-29+/t40-,41-,42-/m1/s1. The van der Waals surface area contributed by atoms with E-state index in [4.69, 9.17) is 24.3 Å². The van der Waals surface area contributed by atoms with Gasteiger partial charge in [-0.25, -0.2) is 4.57 Å². The van der Waals surface area contributed by atoms with Crippen LogP contribution < -0.4 is 5.73 Å². The van der Waals surface area contributed by atoms with Crippen molar-refractivity contribution in [3.63, 3.8) is 0 Å². The van der Waals surface area contributed by atoms with E-state index in [1.807, 2.05) is 54.7 Å². The molecule has 5 N–H and O–H groups in total. The summed E-state index contributed by atoms with van der Waals surface area (Å²) in [5.74, 6) is -0.431. The minimum Gasteiger partial charge on any atom is -0.492 e. The van der Waals surface area contributed by atoms with Gasteiger partial charge in [0.15, 0.2) is 6.10 Å². The Morgan fingerprint density at radius 1 is 0.704 bits per heavy atom. The fourth-order valence-electron chi connectivity index (χ4n) is 5.01. The summed E-state index contributed by atoms with van der Waals surface area (Å²) >= 11 is 0. The van der Waals surface area contributed by atoms with E-state index in [0.29, 0.717) is 19.3 Å². The fourth-order valence-corrected chi connectivity index (χ4v) is 5.78. The van der Waals surface area contributed by atoms with Crippen LogP contribution in [-0.4, -0.2) is 65.8 Å². The summed E-state index contributed by atoms with van der Waals surface area (Å²) in [7, 11) is -4.32. The molecule has 0 saturated carbocycles. The number of allylic oxidation sites excluding steroid dienone is 9. The molecule has 0 aliphatic heterocycles. The van der Waals surface area contributed by atoms with Crippen molar-refractivity contribution in [1.29, 1.82) is 0 Å². The number of carbonyl (C=O) groups excluding carboxylic acids is 1. The Kier molecular flexibility index (Phi) is 36.9. The molecule has 54 heavy (non-hydrogen) atoms. The lowest BCUT2D eigenvalue weighted by molar-refractivity contribution is -0.147. The van der Waals surface area contributed by atoms with Gasteiger partial charge in [-0.2, -0.15) is 0 Å². The third-order valence-corrected chi connectivity index (χ3v) is 9.07. The Morgan fingerprint density at radius 2 is 1.33 bits per heavy atom. The predicted molar refractivity (Wildman–Crippen MR) is 222 cm³/mol. The van der Waals surface area contributed by atoms with Gasteiger partial charge in [0.25, 0.3) is 0 Å². The molecular formula is C43H74NO9P. The van der Waals surface area contributed by atoms with E-state index in [0.717, 1.165) is 32.1 Å². The quantitative estimate of drug-likeness (QED) is 0.0119. The highest BCUT2D eigenvalue weighted by Gasteiger charge is 2.24. The molecule has 0 spiro atoms. The highest BCUT2D eigenvalue weighted by Crippen LogP contribution is 2.43. The maximum absolute atomic E-state index is 12.4. The van der Waals surface area contributed by atoms with Crippen molar-refractivity contribution in [1.82, 2.24) is 0 Å². The molecule has 0 aliphatic carbocycles. The normalized spacial score (nSPS) is 15.5. The van der Waals surface area contributed by atoms with E-state index in [1.54, 1.807) is 24.3 Å². The van der Waals surface area contributed by atoms with Crippen molar-refractivity contribution < 1.29 is 43.0 Å². The van der Waals surface area contributed by atoms with Gasteiger partial charge >= 0.3 is 13.8 Å². The predicted octanol–water partition coefficient (Wildman–Crippen LogP) is 10.0. The van der Waals surface area contributed by atoms with Crippen LogP contribution in [0.4, 0.5) is 0 Å². The third-order valence-electron chi connectivity index (χ3n) is 8.09. The lowest BCUT2D eigenvalue weighted by Gasteiger charge is -2.19. The van der Waals surface area contributed by atoms with E-state index in [2.05, 4.69) is 13.8 Å². The number of unbranched alkanes of at least 4 members (excludes halogenated alkanes) is 13. The van der Waals surface area contributed by atoms with Crippen LogP contribution in [0.25, 0.3) is 0 Å². The average molecular weight is 780 g/mol. The zero-order valence-electron chi connectivity index (χ0n) is 33.4. The van der Waals surface area contributed by atoms with Gasteiger partial charge in [0, 0.05) is 13.0 Å². The van der Waals surface area contributed by atoms with Gasteiger partial charge < -0.3 is 30.3 Å². The highest BCUT2D eigenvalue weighted by molar-refractivity contribution is 7.47. The zero-order valence-corrected chi connectivity index (χ0v) is 34.3. The number of aliphatic hydroxyl groups excluding tert-OH is 2. The topological polar surface area (TPSA) is 158 Å². The van der Waals surface area contributed by atoms with E-state index in [-0.39, 0.29) is 32.8 Å². The van der Waals surface area contributed by atoms with E-state index in [1.165, 1.54) is 70.5 Å². The molecule has 10 nitrogen and oxygen atoms in total. The second kappa shape index (κ2) is 38.7. The van der Waals surface area contributed by atoms with Crippen LogP contribution in [0.2, 0.25) is 0 Å². The molecule has 0 saturated heterocycles. The van der Waals surface area contributed by atoms with Gasteiger partial charge in [-0.1, -0.05) is 157 Å². The Hall–Kier alpha value is -2.56. The van der Waals surface area contributed by atoms with Crippen LogP contribution >= 0.6 is 7.82 Å². The van der Waals surface area contributed by atoms with E-state index in [9.17, 15) is 24.5 Å². The van der Waals surface area contributed by atoms with Gasteiger partial charge in [-0.05, 0) is 51.0 Å². The second-order valence-corrected chi connectivity index (χ2v) is 14.7. The molecule has 0 aromatic heterocycles. The number of aliphatic hydroxyl groups is 2. The number of rotatable bonds is 37. The molecule has 0 bridgehead atoms. The molecule has 0 amide bonds.